The first-order valence-electron chi connectivity index (χ1n) is 10.5. The summed E-state index contributed by atoms with van der Waals surface area (Å²) in [6, 6.07) is 16.3. The molecule has 8 nitrogen and oxygen atoms in total. The number of carbonyl (C=O) groups is 2. The maximum Gasteiger partial charge on any atom is 0.328 e. The van der Waals surface area contributed by atoms with Gasteiger partial charge in [0, 0.05) is 24.1 Å². The van der Waals surface area contributed by atoms with Gasteiger partial charge in [-0.15, -0.1) is 0 Å². The predicted octanol–water partition coefficient (Wildman–Crippen LogP) is 3.23. The van der Waals surface area contributed by atoms with Crippen molar-refractivity contribution >= 4 is 23.6 Å². The summed E-state index contributed by atoms with van der Waals surface area (Å²) in [7, 11) is 3.34. The number of nitrogens with zero attached hydrogens (tertiary/aromatic N) is 5. The van der Waals surface area contributed by atoms with Gasteiger partial charge in [0.25, 0.3) is 5.91 Å². The molecule has 8 heteroatoms. The molecule has 0 N–H and O–H groups in total. The molecule has 3 aliphatic heterocycles. The number of amides is 3. The van der Waals surface area contributed by atoms with E-state index >= 15 is 0 Å². The number of allylic oxidation sites excluding steroid dienone is 2. The van der Waals surface area contributed by atoms with E-state index in [9.17, 15) is 9.59 Å². The largest absolute Gasteiger partial charge is 0.497 e. The van der Waals surface area contributed by atoms with Crippen LogP contribution in [0.15, 0.2) is 71.0 Å². The third-order valence-electron chi connectivity index (χ3n) is 6.41. The molecule has 0 aliphatic carbocycles. The molecule has 5 rings (SSSR count). The normalized spacial score (nSPS) is 22.4. The van der Waals surface area contributed by atoms with Gasteiger partial charge in [-0.1, -0.05) is 30.3 Å². The van der Waals surface area contributed by atoms with Crippen LogP contribution < -0.4 is 9.64 Å². The first kappa shape index (κ1) is 20.1. The lowest BCUT2D eigenvalue weighted by molar-refractivity contribution is -0.137. The minimum atomic E-state index is -0.588. The smallest absolute Gasteiger partial charge is 0.328 e. The number of benzene rings is 2. The van der Waals surface area contributed by atoms with Gasteiger partial charge in [-0.3, -0.25) is 19.5 Å². The van der Waals surface area contributed by atoms with Gasteiger partial charge in [0.05, 0.1) is 13.7 Å². The van der Waals surface area contributed by atoms with E-state index in [0.717, 1.165) is 28.4 Å². The topological polar surface area (TPSA) is 68.7 Å². The van der Waals surface area contributed by atoms with Crippen molar-refractivity contribution in [3.05, 3.63) is 71.6 Å². The van der Waals surface area contributed by atoms with Crippen LogP contribution in [-0.2, 0) is 11.3 Å². The van der Waals surface area contributed by atoms with Crippen molar-refractivity contribution in [3.63, 3.8) is 0 Å². The highest BCUT2D eigenvalue weighted by molar-refractivity contribution is 6.10. The Bertz CT molecular complexity index is 1140. The van der Waals surface area contributed by atoms with Gasteiger partial charge in [-0.25, -0.2) is 9.79 Å². The van der Waals surface area contributed by atoms with Gasteiger partial charge in [-0.2, -0.15) is 0 Å². The van der Waals surface area contributed by atoms with Gasteiger partial charge < -0.3 is 9.64 Å². The number of methoxy groups -OCH3 is 1. The van der Waals surface area contributed by atoms with E-state index in [0.29, 0.717) is 5.96 Å². The summed E-state index contributed by atoms with van der Waals surface area (Å²) in [5.41, 5.74) is 3.77. The van der Waals surface area contributed by atoms with E-state index in [4.69, 9.17) is 9.73 Å². The Morgan fingerprint density at radius 3 is 2.31 bits per heavy atom. The lowest BCUT2D eigenvalue weighted by Crippen LogP contribution is -2.64. The van der Waals surface area contributed by atoms with Crippen LogP contribution >= 0.6 is 0 Å². The zero-order chi connectivity index (χ0) is 22.6. The summed E-state index contributed by atoms with van der Waals surface area (Å²) >= 11 is 0. The van der Waals surface area contributed by atoms with Gasteiger partial charge >= 0.3 is 6.03 Å². The summed E-state index contributed by atoms with van der Waals surface area (Å²) < 4.78 is 5.28. The molecule has 0 spiro atoms. The van der Waals surface area contributed by atoms with E-state index in [1.165, 1.54) is 4.90 Å². The number of rotatable bonds is 4. The molecular weight excluding hydrogens is 406 g/mol. The quantitative estimate of drug-likeness (QED) is 0.744. The number of anilines is 1. The van der Waals surface area contributed by atoms with Crippen molar-refractivity contribution in [2.24, 2.45) is 4.99 Å². The van der Waals surface area contributed by atoms with Crippen LogP contribution in [0, 0.1) is 0 Å². The van der Waals surface area contributed by atoms with Crippen molar-refractivity contribution in [1.29, 1.82) is 0 Å². The maximum atomic E-state index is 13.6. The third kappa shape index (κ3) is 2.86. The highest BCUT2D eigenvalue weighted by atomic mass is 16.5. The fourth-order valence-corrected chi connectivity index (χ4v) is 4.56. The van der Waals surface area contributed by atoms with E-state index < -0.39 is 12.2 Å². The monoisotopic (exact) mass is 431 g/mol. The Hall–Kier alpha value is -3.81. The number of likely N-dealkylation sites (N-methyl/N-ethyl adjacent to an activating group) is 1. The third-order valence-corrected chi connectivity index (χ3v) is 6.41. The number of aliphatic imine (C=N–C) groups is 1. The first-order chi connectivity index (χ1) is 15.4. The summed E-state index contributed by atoms with van der Waals surface area (Å²) in [4.78, 5) is 38.4. The SMILES string of the molecule is COc1ccc(N2C3=NC4C(C(=O)N(Cc5ccccc5)C(=O)N4C)N3C(C)=C2C)cc1. The van der Waals surface area contributed by atoms with Gasteiger partial charge in [0.1, 0.15) is 5.75 Å². The van der Waals surface area contributed by atoms with Crippen LogP contribution in [0.1, 0.15) is 19.4 Å². The van der Waals surface area contributed by atoms with Crippen molar-refractivity contribution in [2.75, 3.05) is 19.1 Å². The molecule has 3 amide bonds. The molecular formula is C24H25N5O3. The number of hydrogen-bond acceptors (Lipinski definition) is 6. The highest BCUT2D eigenvalue weighted by Crippen LogP contribution is 2.40. The Balaban J connectivity index is 1.50. The van der Waals surface area contributed by atoms with Crippen molar-refractivity contribution < 1.29 is 14.3 Å². The molecule has 3 aliphatic rings. The second kappa shape index (κ2) is 7.40. The minimum absolute atomic E-state index is 0.232. The Morgan fingerprint density at radius 2 is 1.66 bits per heavy atom. The van der Waals surface area contributed by atoms with E-state index in [1.807, 2.05) is 78.2 Å². The molecule has 1 saturated heterocycles. The molecule has 2 aromatic rings. The molecule has 32 heavy (non-hydrogen) atoms. The van der Waals surface area contributed by atoms with E-state index in [1.54, 1.807) is 19.1 Å². The maximum absolute atomic E-state index is 13.6. The van der Waals surface area contributed by atoms with E-state index in [-0.39, 0.29) is 18.5 Å². The summed E-state index contributed by atoms with van der Waals surface area (Å²) in [6.07, 6.45) is -0.569. The van der Waals surface area contributed by atoms with Crippen molar-refractivity contribution in [2.45, 2.75) is 32.6 Å². The minimum Gasteiger partial charge on any atom is -0.497 e. The zero-order valence-electron chi connectivity index (χ0n) is 18.5. The van der Waals surface area contributed by atoms with Crippen molar-refractivity contribution in [1.82, 2.24) is 14.7 Å². The van der Waals surface area contributed by atoms with Crippen LogP contribution in [0.25, 0.3) is 0 Å². The predicted molar refractivity (Wildman–Crippen MR) is 121 cm³/mol. The van der Waals surface area contributed by atoms with Gasteiger partial charge in [0.15, 0.2) is 12.2 Å². The number of fused-ring (bicyclic) bond motifs is 3. The molecule has 2 atom stereocenters. The molecule has 0 bridgehead atoms. The highest BCUT2D eigenvalue weighted by Gasteiger charge is 2.55. The molecule has 0 radical (unpaired) electrons. The number of carbonyl (C=O) groups excluding carboxylic acids is 2. The van der Waals surface area contributed by atoms with E-state index in [2.05, 4.69) is 0 Å². The molecule has 164 valence electrons. The number of urea groups is 1. The molecule has 2 unspecified atom stereocenters. The molecule has 2 aromatic carbocycles. The van der Waals surface area contributed by atoms with Gasteiger partial charge in [-0.05, 0) is 43.7 Å². The van der Waals surface area contributed by atoms with Crippen molar-refractivity contribution in [3.8, 4) is 5.75 Å². The molecule has 1 fully saturated rings. The lowest BCUT2D eigenvalue weighted by Gasteiger charge is -2.40. The van der Waals surface area contributed by atoms with Crippen LogP contribution in [0.2, 0.25) is 0 Å². The van der Waals surface area contributed by atoms with Crippen LogP contribution in [-0.4, -0.2) is 59.0 Å². The number of imide groups is 1. The Labute approximate surface area is 187 Å². The fourth-order valence-electron chi connectivity index (χ4n) is 4.56. The first-order valence-corrected chi connectivity index (χ1v) is 10.5. The molecule has 3 heterocycles. The standard InChI is InChI=1S/C24H25N5O3/c1-15-16(2)29-20-21(25-23(29)28(15)18-10-12-19(32-4)13-11-18)26(3)24(31)27(22(20)30)14-17-8-6-5-7-9-17/h5-13,20-21H,14H2,1-4H3. The molecule has 0 aromatic heterocycles. The second-order valence-corrected chi connectivity index (χ2v) is 8.17. The Morgan fingerprint density at radius 1 is 0.969 bits per heavy atom. The van der Waals surface area contributed by atoms with Crippen LogP contribution in [0.4, 0.5) is 10.5 Å². The average molecular weight is 431 g/mol. The number of hydrogen-bond donors (Lipinski definition) is 0. The van der Waals surface area contributed by atoms with Crippen LogP contribution in [0.5, 0.6) is 5.75 Å². The zero-order valence-corrected chi connectivity index (χ0v) is 18.5. The summed E-state index contributed by atoms with van der Waals surface area (Å²) in [6.45, 7) is 4.24. The fraction of sp³-hybridized carbons (Fsp3) is 0.292. The molecule has 0 saturated carbocycles. The average Bonchev–Trinajstić information content (AvgIpc) is 3.31. The number of ether oxygens (including phenoxy) is 1. The second-order valence-electron chi connectivity index (χ2n) is 8.17. The summed E-state index contributed by atoms with van der Waals surface area (Å²) in [5.74, 6) is 1.20. The van der Waals surface area contributed by atoms with Crippen LogP contribution in [0.3, 0.4) is 0 Å². The Kier molecular flexibility index (Phi) is 4.65. The summed E-state index contributed by atoms with van der Waals surface area (Å²) in [5, 5.41) is 0. The lowest BCUT2D eigenvalue weighted by atomic mass is 10.1. The number of guanidine groups is 1. The van der Waals surface area contributed by atoms with Gasteiger partial charge in [0.2, 0.25) is 5.96 Å².